The molecule has 1 atom stereocenters. The zero-order valence-electron chi connectivity index (χ0n) is 20.0. The third-order valence-corrected chi connectivity index (χ3v) is 6.79. The summed E-state index contributed by atoms with van der Waals surface area (Å²) in [4.78, 5) is 45.8. The van der Waals surface area contributed by atoms with E-state index in [9.17, 15) is 18.8 Å². The first-order chi connectivity index (χ1) is 17.4. The van der Waals surface area contributed by atoms with Gasteiger partial charge in [-0.3, -0.25) is 14.4 Å². The summed E-state index contributed by atoms with van der Waals surface area (Å²) < 4.78 is 14.8. The predicted octanol–water partition coefficient (Wildman–Crippen LogP) is 2.69. The van der Waals surface area contributed by atoms with Gasteiger partial charge in [-0.15, -0.1) is 0 Å². The summed E-state index contributed by atoms with van der Waals surface area (Å²) in [6, 6.07) is 15.7. The SMILES string of the molecule is C[C@]1(C(=O)NCc2ccc(F)cc2)Cn2cnc(C(=O)NCCc3ccccc3)c2C(=O)N1C1CC1. The molecule has 0 bridgehead atoms. The van der Waals surface area contributed by atoms with Gasteiger partial charge in [-0.2, -0.15) is 0 Å². The highest BCUT2D eigenvalue weighted by Crippen LogP contribution is 2.38. The molecular formula is C27H28FN5O3. The Morgan fingerprint density at radius 2 is 1.78 bits per heavy atom. The molecule has 3 aromatic rings. The van der Waals surface area contributed by atoms with E-state index in [4.69, 9.17) is 0 Å². The average Bonchev–Trinajstić information content (AvgIpc) is 3.61. The Kier molecular flexibility index (Phi) is 6.30. The zero-order chi connectivity index (χ0) is 25.3. The van der Waals surface area contributed by atoms with Crippen LogP contribution in [0.4, 0.5) is 4.39 Å². The molecule has 2 N–H and O–H groups in total. The van der Waals surface area contributed by atoms with Crippen molar-refractivity contribution in [2.24, 2.45) is 0 Å². The first-order valence-electron chi connectivity index (χ1n) is 12.1. The van der Waals surface area contributed by atoms with Gasteiger partial charge in [-0.05, 0) is 49.4 Å². The van der Waals surface area contributed by atoms with E-state index in [1.54, 1.807) is 28.5 Å². The van der Waals surface area contributed by atoms with Crippen molar-refractivity contribution >= 4 is 17.7 Å². The van der Waals surface area contributed by atoms with Crippen LogP contribution in [0.25, 0.3) is 0 Å². The van der Waals surface area contributed by atoms with Crippen molar-refractivity contribution in [3.63, 3.8) is 0 Å². The predicted molar refractivity (Wildman–Crippen MR) is 131 cm³/mol. The fraction of sp³-hybridized carbons (Fsp3) is 0.333. The number of hydrogen-bond acceptors (Lipinski definition) is 4. The number of benzene rings is 2. The van der Waals surface area contributed by atoms with Crippen molar-refractivity contribution < 1.29 is 18.8 Å². The minimum Gasteiger partial charge on any atom is -0.350 e. The van der Waals surface area contributed by atoms with Crippen LogP contribution in [0.1, 0.15) is 51.9 Å². The van der Waals surface area contributed by atoms with Gasteiger partial charge in [0.25, 0.3) is 11.8 Å². The topological polar surface area (TPSA) is 96.3 Å². The van der Waals surface area contributed by atoms with Crippen molar-refractivity contribution in [2.45, 2.75) is 50.9 Å². The molecule has 1 fully saturated rings. The molecule has 1 aromatic heterocycles. The molecule has 2 aliphatic rings. The van der Waals surface area contributed by atoms with Gasteiger partial charge in [0.05, 0.1) is 12.9 Å². The Labute approximate surface area is 208 Å². The van der Waals surface area contributed by atoms with E-state index in [1.807, 2.05) is 30.3 Å². The molecule has 5 rings (SSSR count). The summed E-state index contributed by atoms with van der Waals surface area (Å²) in [6.07, 6.45) is 3.73. The fourth-order valence-electron chi connectivity index (χ4n) is 4.75. The number of nitrogens with one attached hydrogen (secondary N) is 2. The van der Waals surface area contributed by atoms with Crippen LogP contribution in [0, 0.1) is 5.82 Å². The van der Waals surface area contributed by atoms with E-state index >= 15 is 0 Å². The van der Waals surface area contributed by atoms with Crippen LogP contribution >= 0.6 is 0 Å². The van der Waals surface area contributed by atoms with E-state index < -0.39 is 11.4 Å². The molecule has 9 heteroatoms. The van der Waals surface area contributed by atoms with Crippen LogP contribution < -0.4 is 10.6 Å². The molecule has 1 aliphatic heterocycles. The number of carbonyl (C=O) groups excluding carboxylic acids is 3. The number of rotatable bonds is 8. The molecule has 186 valence electrons. The van der Waals surface area contributed by atoms with Crippen LogP contribution in [0.15, 0.2) is 60.9 Å². The van der Waals surface area contributed by atoms with Crippen molar-refractivity contribution in [1.82, 2.24) is 25.1 Å². The maximum atomic E-state index is 13.7. The first-order valence-corrected chi connectivity index (χ1v) is 12.1. The van der Waals surface area contributed by atoms with Gasteiger partial charge in [0.2, 0.25) is 5.91 Å². The largest absolute Gasteiger partial charge is 0.350 e. The molecule has 1 saturated carbocycles. The maximum absolute atomic E-state index is 13.7. The molecule has 2 heterocycles. The Bertz CT molecular complexity index is 1290. The molecule has 36 heavy (non-hydrogen) atoms. The van der Waals surface area contributed by atoms with E-state index in [0.29, 0.717) is 13.0 Å². The van der Waals surface area contributed by atoms with Gasteiger partial charge >= 0.3 is 0 Å². The Morgan fingerprint density at radius 3 is 2.47 bits per heavy atom. The highest BCUT2D eigenvalue weighted by atomic mass is 19.1. The number of fused-ring (bicyclic) bond motifs is 1. The molecule has 0 radical (unpaired) electrons. The Balaban J connectivity index is 1.32. The first kappa shape index (κ1) is 23.7. The van der Waals surface area contributed by atoms with Crippen molar-refractivity contribution in [3.05, 3.63) is 89.3 Å². The number of carbonyl (C=O) groups is 3. The third-order valence-electron chi connectivity index (χ3n) is 6.79. The molecule has 1 aliphatic carbocycles. The lowest BCUT2D eigenvalue weighted by molar-refractivity contribution is -0.133. The lowest BCUT2D eigenvalue weighted by Gasteiger charge is -2.44. The van der Waals surface area contributed by atoms with Crippen LogP contribution in [0.5, 0.6) is 0 Å². The number of amides is 3. The van der Waals surface area contributed by atoms with Gasteiger partial charge < -0.3 is 20.1 Å². The Morgan fingerprint density at radius 1 is 1.06 bits per heavy atom. The zero-order valence-corrected chi connectivity index (χ0v) is 20.0. The van der Waals surface area contributed by atoms with Gasteiger partial charge in [0.1, 0.15) is 17.1 Å². The number of aromatic nitrogens is 2. The van der Waals surface area contributed by atoms with E-state index in [-0.39, 0.29) is 48.2 Å². The lowest BCUT2D eigenvalue weighted by Crippen LogP contribution is -2.64. The summed E-state index contributed by atoms with van der Waals surface area (Å²) in [6.45, 7) is 2.56. The standard InChI is InChI=1S/C27H28FN5O3/c1-27(26(36)30-15-19-7-9-20(28)10-8-19)16-32-17-31-22(23(32)25(35)33(27)21-11-12-21)24(34)29-14-13-18-5-3-2-4-6-18/h2-10,17,21H,11-16H2,1H3,(H,29,34)(H,30,36)/t27-/m1/s1. The molecule has 0 spiro atoms. The summed E-state index contributed by atoms with van der Waals surface area (Å²) in [5, 5.41) is 5.76. The lowest BCUT2D eigenvalue weighted by atomic mass is 9.93. The highest BCUT2D eigenvalue weighted by molar-refractivity contribution is 6.07. The maximum Gasteiger partial charge on any atom is 0.274 e. The van der Waals surface area contributed by atoms with Crippen LogP contribution in [-0.2, 0) is 24.3 Å². The summed E-state index contributed by atoms with van der Waals surface area (Å²) in [5.41, 5.74) is 0.997. The number of halogens is 1. The highest BCUT2D eigenvalue weighted by Gasteiger charge is 2.53. The van der Waals surface area contributed by atoms with Crippen molar-refractivity contribution in [3.8, 4) is 0 Å². The number of imidazole rings is 1. The number of nitrogens with zero attached hydrogens (tertiary/aromatic N) is 3. The van der Waals surface area contributed by atoms with Crippen molar-refractivity contribution in [1.29, 1.82) is 0 Å². The second-order valence-electron chi connectivity index (χ2n) is 9.55. The Hall–Kier alpha value is -4.01. The van der Waals surface area contributed by atoms with Crippen LogP contribution in [-0.4, -0.2) is 50.3 Å². The third kappa shape index (κ3) is 4.60. The minimum absolute atomic E-state index is 0.0586. The monoisotopic (exact) mass is 489 g/mol. The number of hydrogen-bond donors (Lipinski definition) is 2. The second kappa shape index (κ2) is 9.56. The normalized spacial score (nSPS) is 19.1. The average molecular weight is 490 g/mol. The van der Waals surface area contributed by atoms with Gasteiger partial charge in [-0.25, -0.2) is 9.37 Å². The van der Waals surface area contributed by atoms with E-state index in [0.717, 1.165) is 24.0 Å². The quantitative estimate of drug-likeness (QED) is 0.509. The summed E-state index contributed by atoms with van der Waals surface area (Å²) in [7, 11) is 0. The molecule has 2 aromatic carbocycles. The summed E-state index contributed by atoms with van der Waals surface area (Å²) in [5.74, 6) is -1.43. The molecular weight excluding hydrogens is 461 g/mol. The van der Waals surface area contributed by atoms with Gasteiger partial charge in [-0.1, -0.05) is 42.5 Å². The molecule has 8 nitrogen and oxygen atoms in total. The molecule has 0 unspecified atom stereocenters. The second-order valence-corrected chi connectivity index (χ2v) is 9.55. The molecule has 3 amide bonds. The van der Waals surface area contributed by atoms with E-state index in [1.165, 1.54) is 18.5 Å². The van der Waals surface area contributed by atoms with Crippen LogP contribution in [0.3, 0.4) is 0 Å². The molecule has 0 saturated heterocycles. The van der Waals surface area contributed by atoms with Crippen molar-refractivity contribution in [2.75, 3.05) is 6.54 Å². The minimum atomic E-state index is -1.15. The van der Waals surface area contributed by atoms with Crippen LogP contribution in [0.2, 0.25) is 0 Å². The smallest absolute Gasteiger partial charge is 0.274 e. The van der Waals surface area contributed by atoms with Gasteiger partial charge in [0.15, 0.2) is 5.69 Å². The van der Waals surface area contributed by atoms with E-state index in [2.05, 4.69) is 15.6 Å². The summed E-state index contributed by atoms with van der Waals surface area (Å²) >= 11 is 0. The van der Waals surface area contributed by atoms with Gasteiger partial charge in [0, 0.05) is 19.1 Å². The fourth-order valence-corrected chi connectivity index (χ4v) is 4.75.